The van der Waals surface area contributed by atoms with Crippen LogP contribution in [0.1, 0.15) is 23.3 Å². The lowest BCUT2D eigenvalue weighted by Gasteiger charge is -2.21. The zero-order valence-corrected chi connectivity index (χ0v) is 11.2. The van der Waals surface area contributed by atoms with Crippen LogP contribution in [-0.2, 0) is 0 Å². The molecule has 1 aromatic heterocycles. The first-order valence-electron chi connectivity index (χ1n) is 6.83. The van der Waals surface area contributed by atoms with E-state index in [0.717, 1.165) is 24.9 Å². The van der Waals surface area contributed by atoms with E-state index in [1.165, 1.54) is 0 Å². The predicted molar refractivity (Wildman–Crippen MR) is 75.1 cm³/mol. The van der Waals surface area contributed by atoms with Gasteiger partial charge >= 0.3 is 0 Å². The number of amides is 1. The van der Waals surface area contributed by atoms with Gasteiger partial charge in [0.25, 0.3) is 5.91 Å². The number of rotatable bonds is 3. The van der Waals surface area contributed by atoms with Gasteiger partial charge in [-0.2, -0.15) is 0 Å². The van der Waals surface area contributed by atoms with E-state index in [0.29, 0.717) is 18.0 Å². The molecule has 5 heteroatoms. The molecule has 0 spiro atoms. The van der Waals surface area contributed by atoms with Crippen molar-refractivity contribution in [1.29, 1.82) is 0 Å². The fraction of sp³-hybridized carbons (Fsp3) is 0.333. The summed E-state index contributed by atoms with van der Waals surface area (Å²) in [4.78, 5) is 14.2. The third-order valence-electron chi connectivity index (χ3n) is 3.70. The van der Waals surface area contributed by atoms with Crippen molar-refractivity contribution in [3.8, 4) is 11.3 Å². The molecule has 1 saturated heterocycles. The van der Waals surface area contributed by atoms with Gasteiger partial charge in [-0.15, -0.1) is 0 Å². The zero-order chi connectivity index (χ0) is 13.9. The second-order valence-electron chi connectivity index (χ2n) is 4.97. The summed E-state index contributed by atoms with van der Waals surface area (Å²) in [6, 6.07) is 11.4. The highest BCUT2D eigenvalue weighted by atomic mass is 16.5. The van der Waals surface area contributed by atoms with Gasteiger partial charge in [-0.1, -0.05) is 35.5 Å². The molecule has 2 heterocycles. The van der Waals surface area contributed by atoms with E-state index in [9.17, 15) is 4.79 Å². The maximum absolute atomic E-state index is 12.4. The summed E-state index contributed by atoms with van der Waals surface area (Å²) in [6.07, 6.45) is 1.96. The molecule has 1 fully saturated rings. The van der Waals surface area contributed by atoms with Gasteiger partial charge in [0.15, 0.2) is 11.5 Å². The fourth-order valence-corrected chi connectivity index (χ4v) is 2.61. The summed E-state index contributed by atoms with van der Waals surface area (Å²) >= 11 is 0. The molecule has 3 rings (SSSR count). The first-order chi connectivity index (χ1) is 9.79. The molecule has 0 aliphatic carbocycles. The number of nitrogens with two attached hydrogens (primary N) is 1. The van der Waals surface area contributed by atoms with Crippen molar-refractivity contribution in [2.45, 2.75) is 18.9 Å². The third-order valence-corrected chi connectivity index (χ3v) is 3.70. The lowest BCUT2D eigenvalue weighted by atomic mass is 10.1. The molecule has 2 N–H and O–H groups in total. The third kappa shape index (κ3) is 2.32. The minimum atomic E-state index is -0.0936. The quantitative estimate of drug-likeness (QED) is 0.925. The number of likely N-dealkylation sites (tertiary alicyclic amines) is 1. The summed E-state index contributed by atoms with van der Waals surface area (Å²) in [5, 5.41) is 3.90. The van der Waals surface area contributed by atoms with Crippen molar-refractivity contribution in [3.63, 3.8) is 0 Å². The Labute approximate surface area is 117 Å². The highest BCUT2D eigenvalue weighted by Crippen LogP contribution is 2.23. The maximum atomic E-state index is 12.4. The number of carbonyl (C=O) groups is 1. The van der Waals surface area contributed by atoms with Crippen LogP contribution < -0.4 is 5.73 Å². The standard InChI is InChI=1S/C15H17N3O2/c16-10-12-7-4-8-18(12)15(19)13-9-14(20-17-13)11-5-2-1-3-6-11/h1-3,5-6,9,12H,4,7-8,10,16H2. The molecule has 0 bridgehead atoms. The van der Waals surface area contributed by atoms with E-state index in [1.54, 1.807) is 11.0 Å². The predicted octanol–water partition coefficient (Wildman–Crippen LogP) is 1.90. The van der Waals surface area contributed by atoms with Gasteiger partial charge in [-0.3, -0.25) is 4.79 Å². The normalized spacial score (nSPS) is 18.4. The van der Waals surface area contributed by atoms with Gasteiger partial charge in [0.1, 0.15) is 0 Å². The molecule has 1 aliphatic rings. The number of nitrogens with zero attached hydrogens (tertiary/aromatic N) is 2. The molecule has 0 saturated carbocycles. The topological polar surface area (TPSA) is 72.4 Å². The van der Waals surface area contributed by atoms with E-state index in [-0.39, 0.29) is 11.9 Å². The van der Waals surface area contributed by atoms with Gasteiger partial charge in [0.2, 0.25) is 0 Å². The van der Waals surface area contributed by atoms with E-state index in [4.69, 9.17) is 10.3 Å². The van der Waals surface area contributed by atoms with E-state index in [2.05, 4.69) is 5.16 Å². The van der Waals surface area contributed by atoms with Crippen molar-refractivity contribution in [1.82, 2.24) is 10.1 Å². The number of benzene rings is 1. The second kappa shape index (κ2) is 5.46. The van der Waals surface area contributed by atoms with Crippen molar-refractivity contribution in [2.75, 3.05) is 13.1 Å². The van der Waals surface area contributed by atoms with Gasteiger partial charge in [-0.05, 0) is 12.8 Å². The van der Waals surface area contributed by atoms with Crippen LogP contribution in [-0.4, -0.2) is 35.1 Å². The number of carbonyl (C=O) groups excluding carboxylic acids is 1. The molecular weight excluding hydrogens is 254 g/mol. The molecule has 0 radical (unpaired) electrons. The summed E-state index contributed by atoms with van der Waals surface area (Å²) in [5.74, 6) is 0.515. The Morgan fingerprint density at radius 3 is 2.95 bits per heavy atom. The molecule has 1 aromatic carbocycles. The SMILES string of the molecule is NCC1CCCN1C(=O)c1cc(-c2ccccc2)on1. The van der Waals surface area contributed by atoms with Crippen molar-refractivity contribution in [2.24, 2.45) is 5.73 Å². The second-order valence-corrected chi connectivity index (χ2v) is 4.97. The van der Waals surface area contributed by atoms with Crippen LogP contribution in [0.3, 0.4) is 0 Å². The number of hydrogen-bond acceptors (Lipinski definition) is 4. The summed E-state index contributed by atoms with van der Waals surface area (Å²) in [6.45, 7) is 1.24. The smallest absolute Gasteiger partial charge is 0.276 e. The molecule has 2 aromatic rings. The Bertz CT molecular complexity index is 594. The molecule has 1 atom stereocenters. The Hall–Kier alpha value is -2.14. The van der Waals surface area contributed by atoms with E-state index in [1.807, 2.05) is 30.3 Å². The Morgan fingerprint density at radius 2 is 2.20 bits per heavy atom. The molecule has 104 valence electrons. The fourth-order valence-electron chi connectivity index (χ4n) is 2.61. The van der Waals surface area contributed by atoms with Crippen molar-refractivity contribution in [3.05, 3.63) is 42.1 Å². The first kappa shape index (κ1) is 12.9. The van der Waals surface area contributed by atoms with Crippen LogP contribution in [0.2, 0.25) is 0 Å². The largest absolute Gasteiger partial charge is 0.355 e. The maximum Gasteiger partial charge on any atom is 0.276 e. The Balaban J connectivity index is 1.82. The number of aromatic nitrogens is 1. The van der Waals surface area contributed by atoms with Gasteiger partial charge in [0, 0.05) is 30.8 Å². The van der Waals surface area contributed by atoms with Crippen LogP contribution in [0.4, 0.5) is 0 Å². The van der Waals surface area contributed by atoms with Crippen molar-refractivity contribution >= 4 is 5.91 Å². The minimum absolute atomic E-state index is 0.0936. The average molecular weight is 271 g/mol. The molecule has 1 aliphatic heterocycles. The molecular formula is C15H17N3O2. The van der Waals surface area contributed by atoms with Gasteiger partial charge in [-0.25, -0.2) is 0 Å². The lowest BCUT2D eigenvalue weighted by Crippen LogP contribution is -2.40. The van der Waals surface area contributed by atoms with Crippen LogP contribution in [0, 0.1) is 0 Å². The van der Waals surface area contributed by atoms with Crippen molar-refractivity contribution < 1.29 is 9.32 Å². The van der Waals surface area contributed by atoms with Gasteiger partial charge in [0.05, 0.1) is 0 Å². The summed E-state index contributed by atoms with van der Waals surface area (Å²) in [5.41, 5.74) is 6.96. The minimum Gasteiger partial charge on any atom is -0.355 e. The van der Waals surface area contributed by atoms with E-state index >= 15 is 0 Å². The Morgan fingerprint density at radius 1 is 1.40 bits per heavy atom. The monoisotopic (exact) mass is 271 g/mol. The first-order valence-corrected chi connectivity index (χ1v) is 6.83. The highest BCUT2D eigenvalue weighted by Gasteiger charge is 2.30. The van der Waals surface area contributed by atoms with Gasteiger partial charge < -0.3 is 15.2 Å². The lowest BCUT2D eigenvalue weighted by molar-refractivity contribution is 0.0731. The van der Waals surface area contributed by atoms with Crippen LogP contribution in [0.15, 0.2) is 40.9 Å². The molecule has 5 nitrogen and oxygen atoms in total. The summed E-state index contributed by atoms with van der Waals surface area (Å²) < 4.78 is 5.27. The van der Waals surface area contributed by atoms with E-state index < -0.39 is 0 Å². The molecule has 1 unspecified atom stereocenters. The average Bonchev–Trinajstić information content (AvgIpc) is 3.16. The zero-order valence-electron chi connectivity index (χ0n) is 11.2. The molecule has 20 heavy (non-hydrogen) atoms. The summed E-state index contributed by atoms with van der Waals surface area (Å²) in [7, 11) is 0. The Kier molecular flexibility index (Phi) is 3.52. The molecule has 1 amide bonds. The number of hydrogen-bond donors (Lipinski definition) is 1. The van der Waals surface area contributed by atoms with Crippen LogP contribution in [0.5, 0.6) is 0 Å². The highest BCUT2D eigenvalue weighted by molar-refractivity contribution is 5.93. The van der Waals surface area contributed by atoms with Crippen LogP contribution in [0.25, 0.3) is 11.3 Å². The van der Waals surface area contributed by atoms with Crippen LogP contribution >= 0.6 is 0 Å².